The van der Waals surface area contributed by atoms with Gasteiger partial charge in [0.15, 0.2) is 0 Å². The van der Waals surface area contributed by atoms with E-state index in [9.17, 15) is 22.8 Å². The number of ether oxygens (including phenoxy) is 1. The molecule has 0 unspecified atom stereocenters. The van der Waals surface area contributed by atoms with Crippen LogP contribution in [-0.4, -0.2) is 66.1 Å². The minimum atomic E-state index is -0.676. The molecule has 0 radical (unpaired) electrons. The summed E-state index contributed by atoms with van der Waals surface area (Å²) in [4.78, 5) is 35.9. The van der Waals surface area contributed by atoms with E-state index in [4.69, 9.17) is 16.3 Å². The summed E-state index contributed by atoms with van der Waals surface area (Å²) in [6, 6.07) is 12.1. The first kappa shape index (κ1) is 27.8. The van der Waals surface area contributed by atoms with Crippen molar-refractivity contribution in [2.45, 2.75) is 24.8 Å². The molecule has 0 N–H and O–H groups in total. The van der Waals surface area contributed by atoms with Crippen LogP contribution in [0.15, 0.2) is 60.8 Å². The summed E-state index contributed by atoms with van der Waals surface area (Å²) < 4.78 is 46.4. The van der Waals surface area contributed by atoms with Gasteiger partial charge in [-0.3, -0.25) is 4.79 Å². The summed E-state index contributed by atoms with van der Waals surface area (Å²) in [5.41, 5.74) is 0.612. The van der Waals surface area contributed by atoms with Gasteiger partial charge in [0.05, 0.1) is 17.3 Å². The molecule has 2 aromatic carbocycles. The van der Waals surface area contributed by atoms with Crippen LogP contribution in [0.2, 0.25) is 5.02 Å². The summed E-state index contributed by atoms with van der Waals surface area (Å²) in [6.45, 7) is 1.73. The highest BCUT2D eigenvalue weighted by Gasteiger charge is 2.42. The Bertz CT molecular complexity index is 1370. The molecule has 40 heavy (non-hydrogen) atoms. The Morgan fingerprint density at radius 2 is 1.68 bits per heavy atom. The lowest BCUT2D eigenvalue weighted by Crippen LogP contribution is -2.45. The highest BCUT2D eigenvalue weighted by molar-refractivity contribution is 6.30. The zero-order valence-electron chi connectivity index (χ0n) is 21.8. The molecule has 5 rings (SSSR count). The Hall–Kier alpha value is -3.79. The molecule has 2 amide bonds. The van der Waals surface area contributed by atoms with Crippen LogP contribution in [0.4, 0.5) is 23.8 Å². The van der Waals surface area contributed by atoms with Gasteiger partial charge in [-0.05, 0) is 66.9 Å². The van der Waals surface area contributed by atoms with Crippen molar-refractivity contribution >= 4 is 29.4 Å². The predicted molar refractivity (Wildman–Crippen MR) is 144 cm³/mol. The number of aromatic nitrogens is 1. The quantitative estimate of drug-likeness (QED) is 0.404. The summed E-state index contributed by atoms with van der Waals surface area (Å²) in [5, 5.41) is -0.0160. The number of halogens is 4. The number of carbonyl (C=O) groups is 2. The van der Waals surface area contributed by atoms with Crippen molar-refractivity contribution in [3.63, 3.8) is 0 Å². The molecule has 3 aromatic rings. The number of nitrogens with zero attached hydrogens (tertiary/aromatic N) is 4. The average molecular weight is 573 g/mol. The molecule has 0 bridgehead atoms. The van der Waals surface area contributed by atoms with E-state index in [0.717, 1.165) is 0 Å². The minimum absolute atomic E-state index is 0.0160. The number of likely N-dealkylation sites (tertiary alicyclic amines) is 1. The normalized spacial score (nSPS) is 19.5. The maximum atomic E-state index is 14.4. The Kier molecular flexibility index (Phi) is 8.16. The summed E-state index contributed by atoms with van der Waals surface area (Å²) >= 11 is 5.90. The van der Waals surface area contributed by atoms with Gasteiger partial charge in [0.2, 0.25) is 5.91 Å². The van der Waals surface area contributed by atoms with Crippen LogP contribution in [0.1, 0.15) is 24.3 Å². The lowest BCUT2D eigenvalue weighted by Gasteiger charge is -2.34. The Labute approximate surface area is 235 Å². The number of hydrogen-bond donors (Lipinski definition) is 0. The molecule has 3 heterocycles. The monoisotopic (exact) mass is 572 g/mol. The standard InChI is InChI=1S/C29H28ClF3N4O3/c1-35(29(39)40-22-6-3-20(31)4-7-22)26-17-37(16-23(26)19-2-8-24(30)25(33)14-19)28(38)18-10-12-36(13-11-18)27-9-5-21(32)15-34-27/h2-9,14-15,18,23,26H,10-13,16-17H2,1H3/t23-,26+/m0/s1. The smallest absolute Gasteiger partial charge is 0.410 e. The zero-order valence-corrected chi connectivity index (χ0v) is 22.5. The molecule has 2 aliphatic rings. The van der Waals surface area contributed by atoms with Crippen LogP contribution in [0, 0.1) is 23.4 Å². The van der Waals surface area contributed by atoms with Crippen LogP contribution < -0.4 is 9.64 Å². The van der Waals surface area contributed by atoms with E-state index < -0.39 is 29.6 Å². The highest BCUT2D eigenvalue weighted by atomic mass is 35.5. The van der Waals surface area contributed by atoms with Crippen molar-refractivity contribution in [3.05, 3.63) is 88.8 Å². The van der Waals surface area contributed by atoms with Crippen LogP contribution in [-0.2, 0) is 4.79 Å². The van der Waals surface area contributed by atoms with Crippen molar-refractivity contribution < 1.29 is 27.5 Å². The van der Waals surface area contributed by atoms with Gasteiger partial charge < -0.3 is 19.4 Å². The summed E-state index contributed by atoms with van der Waals surface area (Å²) in [7, 11) is 1.57. The lowest BCUT2D eigenvalue weighted by molar-refractivity contribution is -0.135. The van der Waals surface area contributed by atoms with Gasteiger partial charge in [0.25, 0.3) is 0 Å². The second-order valence-corrected chi connectivity index (χ2v) is 10.5. The maximum Gasteiger partial charge on any atom is 0.415 e. The van der Waals surface area contributed by atoms with E-state index in [0.29, 0.717) is 43.9 Å². The number of likely N-dealkylation sites (N-methyl/N-ethyl adjacent to an activating group) is 1. The SMILES string of the molecule is CN(C(=O)Oc1ccc(F)cc1)[C@@H]1CN(C(=O)C2CCN(c3ccc(F)cn3)CC2)C[C@H]1c1ccc(Cl)c(F)c1. The second-order valence-electron chi connectivity index (χ2n) is 10.1. The van der Waals surface area contributed by atoms with Gasteiger partial charge in [0, 0.05) is 45.1 Å². The molecule has 2 saturated heterocycles. The number of piperidine rings is 1. The third kappa shape index (κ3) is 6.01. The molecule has 7 nitrogen and oxygen atoms in total. The van der Waals surface area contributed by atoms with Crippen LogP contribution in [0.3, 0.4) is 0 Å². The van der Waals surface area contributed by atoms with Gasteiger partial charge in [-0.1, -0.05) is 17.7 Å². The molecule has 2 aliphatic heterocycles. The Balaban J connectivity index is 1.30. The average Bonchev–Trinajstić information content (AvgIpc) is 3.41. The van der Waals surface area contributed by atoms with Crippen LogP contribution in [0.25, 0.3) is 0 Å². The summed E-state index contributed by atoms with van der Waals surface area (Å²) in [5.74, 6) is -1.24. The molecule has 2 atom stereocenters. The van der Waals surface area contributed by atoms with E-state index >= 15 is 0 Å². The Morgan fingerprint density at radius 1 is 0.975 bits per heavy atom. The zero-order chi connectivity index (χ0) is 28.4. The molecule has 0 saturated carbocycles. The van der Waals surface area contributed by atoms with Gasteiger partial charge >= 0.3 is 6.09 Å². The van der Waals surface area contributed by atoms with Crippen molar-refractivity contribution in [2.24, 2.45) is 5.92 Å². The lowest BCUT2D eigenvalue weighted by atomic mass is 9.93. The van der Waals surface area contributed by atoms with E-state index in [-0.39, 0.29) is 35.1 Å². The van der Waals surface area contributed by atoms with Crippen molar-refractivity contribution in [2.75, 3.05) is 38.1 Å². The number of rotatable bonds is 5. The van der Waals surface area contributed by atoms with Crippen LogP contribution in [0.5, 0.6) is 5.75 Å². The number of carbonyl (C=O) groups excluding carboxylic acids is 2. The van der Waals surface area contributed by atoms with Gasteiger partial charge in [-0.15, -0.1) is 0 Å². The van der Waals surface area contributed by atoms with E-state index in [2.05, 4.69) is 4.98 Å². The molecule has 0 aliphatic carbocycles. The van der Waals surface area contributed by atoms with Crippen molar-refractivity contribution in [1.29, 1.82) is 0 Å². The second kappa shape index (κ2) is 11.8. The molecule has 210 valence electrons. The third-order valence-electron chi connectivity index (χ3n) is 7.66. The first-order valence-corrected chi connectivity index (χ1v) is 13.4. The topological polar surface area (TPSA) is 66.0 Å². The fourth-order valence-electron chi connectivity index (χ4n) is 5.41. The predicted octanol–water partition coefficient (Wildman–Crippen LogP) is 5.49. The number of pyridine rings is 1. The fraction of sp³-hybridized carbons (Fsp3) is 0.345. The van der Waals surface area contributed by atoms with Crippen molar-refractivity contribution in [1.82, 2.24) is 14.8 Å². The molecule has 1 aromatic heterocycles. The first-order chi connectivity index (χ1) is 19.2. The van der Waals surface area contributed by atoms with E-state index in [1.54, 1.807) is 24.1 Å². The molecule has 11 heteroatoms. The number of amides is 2. The molecule has 2 fully saturated rings. The maximum absolute atomic E-state index is 14.4. The molecular formula is C29H28ClF3N4O3. The number of benzene rings is 2. The summed E-state index contributed by atoms with van der Waals surface area (Å²) in [6.07, 6.45) is 1.70. The van der Waals surface area contributed by atoms with E-state index in [1.807, 2.05) is 4.90 Å². The third-order valence-corrected chi connectivity index (χ3v) is 7.96. The van der Waals surface area contributed by atoms with Gasteiger partial charge in [0.1, 0.15) is 29.0 Å². The number of hydrogen-bond acceptors (Lipinski definition) is 5. The van der Waals surface area contributed by atoms with E-state index in [1.165, 1.54) is 53.6 Å². The largest absolute Gasteiger partial charge is 0.415 e. The van der Waals surface area contributed by atoms with Crippen molar-refractivity contribution in [3.8, 4) is 5.75 Å². The highest BCUT2D eigenvalue weighted by Crippen LogP contribution is 2.35. The Morgan fingerprint density at radius 3 is 2.33 bits per heavy atom. The molecular weight excluding hydrogens is 545 g/mol. The first-order valence-electron chi connectivity index (χ1n) is 13.0. The molecule has 0 spiro atoms. The fourth-order valence-corrected chi connectivity index (χ4v) is 5.53. The van der Waals surface area contributed by atoms with Crippen LogP contribution >= 0.6 is 11.6 Å². The van der Waals surface area contributed by atoms with Gasteiger partial charge in [-0.25, -0.2) is 22.9 Å². The number of anilines is 1. The minimum Gasteiger partial charge on any atom is -0.410 e. The van der Waals surface area contributed by atoms with Gasteiger partial charge in [-0.2, -0.15) is 0 Å².